The SMILES string of the molecule is CNC(=O)[C@H](C)N(Cc1ccc(Cl)cc1Cl)C(=O)CCCN(c1cccc(C(F)(F)F)c1)S(C)(=O)=O. The van der Waals surface area contributed by atoms with Crippen LogP contribution in [0.5, 0.6) is 0 Å². The normalized spacial score (nSPS) is 12.7. The number of rotatable bonds is 10. The van der Waals surface area contributed by atoms with E-state index in [9.17, 15) is 31.2 Å². The summed E-state index contributed by atoms with van der Waals surface area (Å²) < 4.78 is 64.8. The highest BCUT2D eigenvalue weighted by atomic mass is 35.5. The zero-order valence-electron chi connectivity index (χ0n) is 19.8. The highest BCUT2D eigenvalue weighted by molar-refractivity contribution is 7.92. The first kappa shape index (κ1) is 29.7. The van der Waals surface area contributed by atoms with Gasteiger partial charge in [-0.05, 0) is 49.2 Å². The number of amides is 2. The highest BCUT2D eigenvalue weighted by Gasteiger charge is 2.32. The number of alkyl halides is 3. The summed E-state index contributed by atoms with van der Waals surface area (Å²) in [6.45, 7) is 1.29. The van der Waals surface area contributed by atoms with Crippen LogP contribution in [0.2, 0.25) is 10.0 Å². The van der Waals surface area contributed by atoms with Crippen molar-refractivity contribution in [2.45, 2.75) is 38.5 Å². The van der Waals surface area contributed by atoms with Crippen molar-refractivity contribution in [2.75, 3.05) is 24.2 Å². The molecule has 0 heterocycles. The fraction of sp³-hybridized carbons (Fsp3) is 0.391. The summed E-state index contributed by atoms with van der Waals surface area (Å²) in [5.41, 5.74) is -0.606. The largest absolute Gasteiger partial charge is 0.416 e. The molecule has 0 bridgehead atoms. The van der Waals surface area contributed by atoms with Crippen molar-refractivity contribution in [3.05, 3.63) is 63.6 Å². The topological polar surface area (TPSA) is 86.8 Å². The van der Waals surface area contributed by atoms with Crippen LogP contribution in [-0.4, -0.2) is 51.0 Å². The van der Waals surface area contributed by atoms with Crippen LogP contribution in [-0.2, 0) is 32.3 Å². The van der Waals surface area contributed by atoms with Gasteiger partial charge in [0.2, 0.25) is 21.8 Å². The van der Waals surface area contributed by atoms with Gasteiger partial charge in [0.05, 0.1) is 17.5 Å². The van der Waals surface area contributed by atoms with Gasteiger partial charge in [0.15, 0.2) is 0 Å². The van der Waals surface area contributed by atoms with Crippen molar-refractivity contribution in [2.24, 2.45) is 0 Å². The van der Waals surface area contributed by atoms with Crippen molar-refractivity contribution >= 4 is 50.7 Å². The first-order valence-electron chi connectivity index (χ1n) is 10.7. The minimum atomic E-state index is -4.64. The van der Waals surface area contributed by atoms with Crippen LogP contribution in [0.3, 0.4) is 0 Å². The van der Waals surface area contributed by atoms with E-state index >= 15 is 0 Å². The lowest BCUT2D eigenvalue weighted by atomic mass is 10.1. The maximum atomic E-state index is 13.1. The monoisotopic (exact) mass is 567 g/mol. The van der Waals surface area contributed by atoms with E-state index < -0.39 is 39.6 Å². The van der Waals surface area contributed by atoms with Gasteiger partial charge >= 0.3 is 6.18 Å². The Hall–Kier alpha value is -2.50. The van der Waals surface area contributed by atoms with E-state index in [2.05, 4.69) is 5.32 Å². The molecular formula is C23H26Cl2F3N3O4S. The fourth-order valence-corrected chi connectivity index (χ4v) is 4.89. The molecular weight excluding hydrogens is 542 g/mol. The summed E-state index contributed by atoms with van der Waals surface area (Å²) in [5.74, 6) is -0.884. The summed E-state index contributed by atoms with van der Waals surface area (Å²) in [6.07, 6.45) is -3.95. The molecule has 0 spiro atoms. The number of sulfonamides is 1. The van der Waals surface area contributed by atoms with E-state index in [1.165, 1.54) is 31.0 Å². The molecule has 1 N–H and O–H groups in total. The van der Waals surface area contributed by atoms with Crippen molar-refractivity contribution in [1.29, 1.82) is 0 Å². The number of anilines is 1. The Morgan fingerprint density at radius 3 is 2.33 bits per heavy atom. The van der Waals surface area contributed by atoms with Gasteiger partial charge in [-0.15, -0.1) is 0 Å². The third kappa shape index (κ3) is 8.01. The van der Waals surface area contributed by atoms with Gasteiger partial charge in [-0.3, -0.25) is 13.9 Å². The number of carbonyl (C=O) groups is 2. The van der Waals surface area contributed by atoms with Gasteiger partial charge in [-0.1, -0.05) is 35.3 Å². The Kier molecular flexibility index (Phi) is 10.0. The predicted octanol–water partition coefficient (Wildman–Crippen LogP) is 4.72. The second-order valence-corrected chi connectivity index (χ2v) is 10.8. The molecule has 0 radical (unpaired) electrons. The number of benzene rings is 2. The summed E-state index contributed by atoms with van der Waals surface area (Å²) in [7, 11) is -2.52. The molecule has 0 aromatic heterocycles. The molecule has 0 aliphatic carbocycles. The molecule has 0 saturated carbocycles. The second kappa shape index (κ2) is 12.2. The zero-order chi connectivity index (χ0) is 27.3. The average molecular weight is 568 g/mol. The van der Waals surface area contributed by atoms with E-state index in [1.54, 1.807) is 12.1 Å². The van der Waals surface area contributed by atoms with Gasteiger partial charge < -0.3 is 10.2 Å². The van der Waals surface area contributed by atoms with Crippen LogP contribution >= 0.6 is 23.2 Å². The van der Waals surface area contributed by atoms with E-state index in [4.69, 9.17) is 23.2 Å². The Balaban J connectivity index is 2.22. The quantitative estimate of drug-likeness (QED) is 0.450. The number of carbonyl (C=O) groups excluding carboxylic acids is 2. The van der Waals surface area contributed by atoms with Crippen LogP contribution in [0.25, 0.3) is 0 Å². The Labute approximate surface area is 218 Å². The molecule has 36 heavy (non-hydrogen) atoms. The van der Waals surface area contributed by atoms with Gasteiger partial charge in [0.25, 0.3) is 0 Å². The van der Waals surface area contributed by atoms with Crippen LogP contribution < -0.4 is 9.62 Å². The molecule has 198 valence electrons. The number of hydrogen-bond donors (Lipinski definition) is 1. The molecule has 0 aliphatic rings. The van der Waals surface area contributed by atoms with Crippen molar-refractivity contribution < 1.29 is 31.2 Å². The van der Waals surface area contributed by atoms with E-state index in [1.807, 2.05) is 0 Å². The van der Waals surface area contributed by atoms with Crippen LogP contribution in [0.15, 0.2) is 42.5 Å². The minimum Gasteiger partial charge on any atom is -0.357 e. The smallest absolute Gasteiger partial charge is 0.357 e. The summed E-state index contributed by atoms with van der Waals surface area (Å²) >= 11 is 12.2. The minimum absolute atomic E-state index is 0.00649. The molecule has 2 rings (SSSR count). The van der Waals surface area contributed by atoms with Crippen molar-refractivity contribution in [1.82, 2.24) is 10.2 Å². The fourth-order valence-electron chi connectivity index (χ4n) is 3.47. The first-order chi connectivity index (χ1) is 16.6. The number of halogens is 5. The molecule has 0 saturated heterocycles. The molecule has 0 fully saturated rings. The molecule has 7 nitrogen and oxygen atoms in total. The number of nitrogens with one attached hydrogen (secondary N) is 1. The van der Waals surface area contributed by atoms with Gasteiger partial charge in [0, 0.05) is 36.6 Å². The lowest BCUT2D eigenvalue weighted by molar-refractivity contribution is -0.140. The zero-order valence-corrected chi connectivity index (χ0v) is 22.1. The van der Waals surface area contributed by atoms with Crippen LogP contribution in [0, 0.1) is 0 Å². The van der Waals surface area contributed by atoms with Gasteiger partial charge in [-0.2, -0.15) is 13.2 Å². The molecule has 2 aromatic rings. The van der Waals surface area contributed by atoms with Crippen molar-refractivity contribution in [3.8, 4) is 0 Å². The van der Waals surface area contributed by atoms with Gasteiger partial charge in [-0.25, -0.2) is 8.42 Å². The molecule has 2 aromatic carbocycles. The molecule has 0 aliphatic heterocycles. The number of nitrogens with zero attached hydrogens (tertiary/aromatic N) is 2. The molecule has 2 amide bonds. The summed E-state index contributed by atoms with van der Waals surface area (Å²) in [6, 6.07) is 7.80. The lowest BCUT2D eigenvalue weighted by Gasteiger charge is -2.29. The standard InChI is InChI=1S/C23H26Cl2F3N3O4S/c1-15(22(33)29-2)30(14-16-9-10-18(24)13-20(16)25)21(32)8-5-11-31(36(3,34)35)19-7-4-6-17(12-19)23(26,27)28/h4,6-7,9-10,12-13,15H,5,8,11,14H2,1-3H3,(H,29,33)/t15-/m0/s1. The number of likely N-dealkylation sites (N-methyl/N-ethyl adjacent to an activating group) is 1. The lowest BCUT2D eigenvalue weighted by Crippen LogP contribution is -2.46. The third-order valence-corrected chi connectivity index (χ3v) is 7.16. The third-order valence-electron chi connectivity index (χ3n) is 5.38. The Morgan fingerprint density at radius 2 is 1.78 bits per heavy atom. The Bertz CT molecular complexity index is 1210. The Morgan fingerprint density at radius 1 is 1.11 bits per heavy atom. The highest BCUT2D eigenvalue weighted by Crippen LogP contribution is 2.32. The van der Waals surface area contributed by atoms with Crippen LogP contribution in [0.1, 0.15) is 30.9 Å². The van der Waals surface area contributed by atoms with Gasteiger partial charge in [0.1, 0.15) is 6.04 Å². The molecule has 1 atom stereocenters. The van der Waals surface area contributed by atoms with E-state index in [0.29, 0.717) is 15.6 Å². The molecule has 13 heteroatoms. The predicted molar refractivity (Wildman–Crippen MR) is 133 cm³/mol. The second-order valence-electron chi connectivity index (χ2n) is 8.03. The van der Waals surface area contributed by atoms with Crippen molar-refractivity contribution in [3.63, 3.8) is 0 Å². The summed E-state index contributed by atoms with van der Waals surface area (Å²) in [5, 5.41) is 3.18. The first-order valence-corrected chi connectivity index (χ1v) is 13.4. The maximum absolute atomic E-state index is 13.1. The van der Waals surface area contributed by atoms with E-state index in [0.717, 1.165) is 28.8 Å². The molecule has 0 unspecified atom stereocenters. The summed E-state index contributed by atoms with van der Waals surface area (Å²) in [4.78, 5) is 26.7. The van der Waals surface area contributed by atoms with E-state index in [-0.39, 0.29) is 31.6 Å². The number of hydrogen-bond acceptors (Lipinski definition) is 4. The maximum Gasteiger partial charge on any atom is 0.416 e. The van der Waals surface area contributed by atoms with Crippen LogP contribution in [0.4, 0.5) is 18.9 Å². The average Bonchev–Trinajstić information content (AvgIpc) is 2.79.